The van der Waals surface area contributed by atoms with Crippen molar-refractivity contribution in [2.45, 2.75) is 13.0 Å². The lowest BCUT2D eigenvalue weighted by atomic mass is 10.1. The van der Waals surface area contributed by atoms with Gasteiger partial charge in [0.15, 0.2) is 11.5 Å². The molecule has 0 aliphatic carbocycles. The van der Waals surface area contributed by atoms with Crippen LogP contribution in [0.1, 0.15) is 16.1 Å². The number of carbonyl (C=O) groups is 1. The molecule has 22 heavy (non-hydrogen) atoms. The van der Waals surface area contributed by atoms with Crippen LogP contribution in [0.15, 0.2) is 30.5 Å². The fraction of sp³-hybridized carbons (Fsp3) is 0.312. The van der Waals surface area contributed by atoms with Crippen molar-refractivity contribution in [1.82, 2.24) is 4.57 Å². The first-order valence-electron chi connectivity index (χ1n) is 6.74. The molecule has 1 aromatic carbocycles. The van der Waals surface area contributed by atoms with Crippen LogP contribution in [0.3, 0.4) is 0 Å². The summed E-state index contributed by atoms with van der Waals surface area (Å²) in [6.45, 7) is 0.683. The summed E-state index contributed by atoms with van der Waals surface area (Å²) in [6.07, 6.45) is 2.65. The molecule has 0 saturated heterocycles. The summed E-state index contributed by atoms with van der Waals surface area (Å²) in [5.41, 5.74) is 1.70. The van der Waals surface area contributed by atoms with Gasteiger partial charge in [0.1, 0.15) is 5.69 Å². The molecular formula is C16H18INO4. The predicted molar refractivity (Wildman–Crippen MR) is 91.7 cm³/mol. The second-order valence-corrected chi connectivity index (χ2v) is 5.79. The molecule has 0 radical (unpaired) electrons. The Labute approximate surface area is 143 Å². The van der Waals surface area contributed by atoms with Gasteiger partial charge in [-0.25, -0.2) is 4.79 Å². The highest BCUT2D eigenvalue weighted by atomic mass is 127. The lowest BCUT2D eigenvalue weighted by molar-refractivity contribution is 0.0588. The van der Waals surface area contributed by atoms with E-state index in [1.165, 1.54) is 7.11 Å². The quantitative estimate of drug-likeness (QED) is 0.538. The van der Waals surface area contributed by atoms with Crippen LogP contribution in [0, 0.1) is 3.57 Å². The molecule has 2 aromatic rings. The largest absolute Gasteiger partial charge is 0.493 e. The van der Waals surface area contributed by atoms with Gasteiger partial charge in [0.2, 0.25) is 0 Å². The Balaban J connectivity index is 2.18. The zero-order valence-electron chi connectivity index (χ0n) is 12.8. The Morgan fingerprint density at radius 1 is 1.18 bits per heavy atom. The van der Waals surface area contributed by atoms with Crippen molar-refractivity contribution >= 4 is 28.6 Å². The van der Waals surface area contributed by atoms with Crippen molar-refractivity contribution < 1.29 is 19.0 Å². The number of benzene rings is 1. The average Bonchev–Trinajstić information content (AvgIpc) is 3.01. The van der Waals surface area contributed by atoms with Crippen LogP contribution in [-0.4, -0.2) is 31.9 Å². The van der Waals surface area contributed by atoms with Crippen molar-refractivity contribution in [1.29, 1.82) is 0 Å². The number of esters is 1. The topological polar surface area (TPSA) is 49.7 Å². The molecule has 1 heterocycles. The van der Waals surface area contributed by atoms with Gasteiger partial charge in [0.05, 0.1) is 21.3 Å². The van der Waals surface area contributed by atoms with Crippen LogP contribution in [0.2, 0.25) is 0 Å². The summed E-state index contributed by atoms with van der Waals surface area (Å²) in [5, 5.41) is 0. The van der Waals surface area contributed by atoms with Crippen LogP contribution in [0.5, 0.6) is 11.5 Å². The third-order valence-corrected chi connectivity index (χ3v) is 4.40. The average molecular weight is 415 g/mol. The monoisotopic (exact) mass is 415 g/mol. The molecule has 6 heteroatoms. The van der Waals surface area contributed by atoms with E-state index in [0.717, 1.165) is 15.6 Å². The SMILES string of the molecule is COC(=O)c1cccn1CCc1cc(OC)c(OC)cc1I. The molecule has 118 valence electrons. The second-order valence-electron chi connectivity index (χ2n) is 4.63. The van der Waals surface area contributed by atoms with E-state index < -0.39 is 0 Å². The summed E-state index contributed by atoms with van der Waals surface area (Å²) in [5.74, 6) is 1.09. The molecule has 1 aromatic heterocycles. The van der Waals surface area contributed by atoms with Crippen LogP contribution in [-0.2, 0) is 17.7 Å². The summed E-state index contributed by atoms with van der Waals surface area (Å²) in [4.78, 5) is 11.7. The number of carbonyl (C=O) groups excluding carboxylic acids is 1. The molecule has 0 N–H and O–H groups in total. The Bertz CT molecular complexity index is 666. The summed E-state index contributed by atoms with van der Waals surface area (Å²) < 4.78 is 18.4. The zero-order valence-corrected chi connectivity index (χ0v) is 14.9. The maximum atomic E-state index is 11.7. The summed E-state index contributed by atoms with van der Waals surface area (Å²) in [6, 6.07) is 7.52. The Morgan fingerprint density at radius 2 is 1.86 bits per heavy atom. The summed E-state index contributed by atoms with van der Waals surface area (Å²) >= 11 is 2.28. The first-order chi connectivity index (χ1) is 10.6. The van der Waals surface area contributed by atoms with Gasteiger partial charge in [-0.3, -0.25) is 0 Å². The molecule has 0 aliphatic rings. The van der Waals surface area contributed by atoms with Gasteiger partial charge in [-0.1, -0.05) is 0 Å². The number of hydrogen-bond donors (Lipinski definition) is 0. The third-order valence-electron chi connectivity index (χ3n) is 3.40. The Morgan fingerprint density at radius 3 is 2.50 bits per heavy atom. The van der Waals surface area contributed by atoms with E-state index in [4.69, 9.17) is 14.2 Å². The second kappa shape index (κ2) is 7.53. The van der Waals surface area contributed by atoms with Crippen molar-refractivity contribution in [3.05, 3.63) is 45.3 Å². The van der Waals surface area contributed by atoms with E-state index in [1.807, 2.05) is 29.0 Å². The number of aromatic nitrogens is 1. The van der Waals surface area contributed by atoms with Crippen molar-refractivity contribution in [3.63, 3.8) is 0 Å². The van der Waals surface area contributed by atoms with Crippen LogP contribution >= 0.6 is 22.6 Å². The van der Waals surface area contributed by atoms with Crippen LogP contribution < -0.4 is 9.47 Å². The van der Waals surface area contributed by atoms with Gasteiger partial charge in [0, 0.05) is 16.3 Å². The summed E-state index contributed by atoms with van der Waals surface area (Å²) in [7, 11) is 4.63. The number of rotatable bonds is 6. The minimum absolute atomic E-state index is 0.327. The first-order valence-corrected chi connectivity index (χ1v) is 7.82. The lowest BCUT2D eigenvalue weighted by Crippen LogP contribution is -2.11. The number of halogens is 1. The lowest BCUT2D eigenvalue weighted by Gasteiger charge is -2.13. The molecule has 2 rings (SSSR count). The van der Waals surface area contributed by atoms with E-state index in [0.29, 0.717) is 23.7 Å². The highest BCUT2D eigenvalue weighted by Crippen LogP contribution is 2.31. The standard InChI is InChI=1S/C16H18INO4/c1-20-14-9-11(12(17)10-15(14)21-2)6-8-18-7-4-5-13(18)16(19)22-3/h4-5,7,9-10H,6,8H2,1-3H3. The minimum Gasteiger partial charge on any atom is -0.493 e. The van der Waals surface area contributed by atoms with Crippen molar-refractivity contribution in [3.8, 4) is 11.5 Å². The molecule has 0 spiro atoms. The van der Waals surface area contributed by atoms with Gasteiger partial charge in [-0.15, -0.1) is 0 Å². The maximum Gasteiger partial charge on any atom is 0.354 e. The Hall–Kier alpha value is -1.70. The zero-order chi connectivity index (χ0) is 16.1. The van der Waals surface area contributed by atoms with E-state index in [-0.39, 0.29) is 5.97 Å². The van der Waals surface area contributed by atoms with Gasteiger partial charge in [0.25, 0.3) is 0 Å². The number of nitrogens with zero attached hydrogens (tertiary/aromatic N) is 1. The van der Waals surface area contributed by atoms with Gasteiger partial charge < -0.3 is 18.8 Å². The number of hydrogen-bond acceptors (Lipinski definition) is 4. The minimum atomic E-state index is -0.327. The van der Waals surface area contributed by atoms with Crippen molar-refractivity contribution in [2.24, 2.45) is 0 Å². The third kappa shape index (κ3) is 3.55. The molecule has 0 unspecified atom stereocenters. The molecule has 0 fully saturated rings. The molecule has 5 nitrogen and oxygen atoms in total. The van der Waals surface area contributed by atoms with Gasteiger partial charge in [-0.05, 0) is 58.8 Å². The van der Waals surface area contributed by atoms with E-state index in [2.05, 4.69) is 22.6 Å². The molecular weight excluding hydrogens is 397 g/mol. The number of ether oxygens (including phenoxy) is 3. The highest BCUT2D eigenvalue weighted by Gasteiger charge is 2.13. The van der Waals surface area contributed by atoms with Crippen molar-refractivity contribution in [2.75, 3.05) is 21.3 Å². The number of aryl methyl sites for hydroxylation is 2. The normalized spacial score (nSPS) is 10.4. The predicted octanol–water partition coefficient (Wildman–Crippen LogP) is 3.14. The highest BCUT2D eigenvalue weighted by molar-refractivity contribution is 14.1. The van der Waals surface area contributed by atoms with Crippen LogP contribution in [0.4, 0.5) is 0 Å². The van der Waals surface area contributed by atoms with E-state index in [1.54, 1.807) is 20.3 Å². The molecule has 0 aliphatic heterocycles. The molecule has 0 atom stereocenters. The molecule has 0 bridgehead atoms. The Kier molecular flexibility index (Phi) is 5.70. The molecule has 0 amide bonds. The van der Waals surface area contributed by atoms with Crippen LogP contribution in [0.25, 0.3) is 0 Å². The smallest absolute Gasteiger partial charge is 0.354 e. The first kappa shape index (κ1) is 16.7. The number of methoxy groups -OCH3 is 3. The fourth-order valence-corrected chi connectivity index (χ4v) is 2.94. The van der Waals surface area contributed by atoms with E-state index >= 15 is 0 Å². The van der Waals surface area contributed by atoms with Gasteiger partial charge >= 0.3 is 5.97 Å². The van der Waals surface area contributed by atoms with Gasteiger partial charge in [-0.2, -0.15) is 0 Å². The maximum absolute atomic E-state index is 11.7. The van der Waals surface area contributed by atoms with E-state index in [9.17, 15) is 4.79 Å². The molecule has 0 saturated carbocycles. The fourth-order valence-electron chi connectivity index (χ4n) is 2.23.